The number of allylic oxidation sites excluding steroid dienone is 1. The van der Waals surface area contributed by atoms with E-state index in [2.05, 4.69) is 6.07 Å². The Hall–Kier alpha value is -5.22. The molecule has 0 aliphatic rings. The average molecular weight is 656 g/mol. The highest BCUT2D eigenvalue weighted by Gasteiger charge is 2.16. The van der Waals surface area contributed by atoms with Gasteiger partial charge in [0, 0.05) is 11.1 Å². The van der Waals surface area contributed by atoms with Gasteiger partial charge in [-0.25, -0.2) is 4.98 Å². The second-order valence-corrected chi connectivity index (χ2v) is 11.3. The quantitative estimate of drug-likeness (QED) is 0.0593. The van der Waals surface area contributed by atoms with Crippen molar-refractivity contribution in [2.45, 2.75) is 12.8 Å². The number of aromatic nitrogens is 1. The second kappa shape index (κ2) is 15.9. The van der Waals surface area contributed by atoms with Crippen molar-refractivity contribution in [2.24, 2.45) is 0 Å². The predicted molar refractivity (Wildman–Crippen MR) is 184 cm³/mol. The first-order chi connectivity index (χ1) is 23.0. The molecule has 1 heterocycles. The van der Waals surface area contributed by atoms with Crippen LogP contribution in [-0.4, -0.2) is 59.5 Å². The molecule has 0 N–H and O–H groups in total. The largest absolute Gasteiger partial charge is 0.493 e. The van der Waals surface area contributed by atoms with Gasteiger partial charge in [0.05, 0.1) is 59.0 Å². The lowest BCUT2D eigenvalue weighted by Crippen LogP contribution is -2.04. The minimum Gasteiger partial charge on any atom is -0.493 e. The normalized spacial score (nSPS) is 11.0. The Labute approximate surface area is 278 Å². The lowest BCUT2D eigenvalue weighted by molar-refractivity contribution is 0.104. The van der Waals surface area contributed by atoms with Gasteiger partial charge < -0.3 is 33.2 Å². The van der Waals surface area contributed by atoms with Gasteiger partial charge in [-0.05, 0) is 79.1 Å². The molecule has 0 saturated carbocycles. The summed E-state index contributed by atoms with van der Waals surface area (Å²) < 4.78 is 40.4. The third-order valence-electron chi connectivity index (χ3n) is 7.32. The zero-order valence-electron chi connectivity index (χ0n) is 27.0. The minimum atomic E-state index is -0.217. The number of carbonyl (C=O) groups excluding carboxylic acids is 1. The van der Waals surface area contributed by atoms with E-state index >= 15 is 0 Å². The molecule has 0 aliphatic carbocycles. The van der Waals surface area contributed by atoms with E-state index in [0.29, 0.717) is 59.0 Å². The van der Waals surface area contributed by atoms with E-state index in [-0.39, 0.29) is 5.78 Å². The fourth-order valence-electron chi connectivity index (χ4n) is 4.89. The van der Waals surface area contributed by atoms with Crippen LogP contribution in [0.1, 0.15) is 28.8 Å². The SMILES string of the molecule is COc1cc(-c2nc3ccccc3s2)ccc1OCCCCOc1cc(/C=C/C(=O)c2cc(OC)c(OC)c(OC)c2)ccc1OC. The van der Waals surface area contributed by atoms with Crippen molar-refractivity contribution >= 4 is 33.4 Å². The van der Waals surface area contributed by atoms with Crippen molar-refractivity contribution in [1.82, 2.24) is 4.98 Å². The number of para-hydroxylation sites is 1. The number of thiazole rings is 1. The van der Waals surface area contributed by atoms with E-state index in [4.69, 9.17) is 38.1 Å². The van der Waals surface area contributed by atoms with E-state index in [9.17, 15) is 4.79 Å². The molecule has 0 radical (unpaired) electrons. The summed E-state index contributed by atoms with van der Waals surface area (Å²) in [6, 6.07) is 22.7. The lowest BCUT2D eigenvalue weighted by Gasteiger charge is -2.13. The van der Waals surface area contributed by atoms with E-state index < -0.39 is 0 Å². The number of methoxy groups -OCH3 is 5. The molecule has 0 bridgehead atoms. The maximum absolute atomic E-state index is 13.0. The van der Waals surface area contributed by atoms with E-state index in [1.165, 1.54) is 27.4 Å². The highest BCUT2D eigenvalue weighted by Crippen LogP contribution is 2.39. The first-order valence-corrected chi connectivity index (χ1v) is 15.8. The van der Waals surface area contributed by atoms with Crippen LogP contribution in [0.3, 0.4) is 0 Å². The summed E-state index contributed by atoms with van der Waals surface area (Å²) in [6.45, 7) is 0.966. The molecule has 0 saturated heterocycles. The highest BCUT2D eigenvalue weighted by molar-refractivity contribution is 7.21. The van der Waals surface area contributed by atoms with Gasteiger partial charge in [-0.15, -0.1) is 11.3 Å². The highest BCUT2D eigenvalue weighted by atomic mass is 32.1. The van der Waals surface area contributed by atoms with Crippen molar-refractivity contribution in [3.63, 3.8) is 0 Å². The molecule has 5 rings (SSSR count). The Balaban J connectivity index is 1.14. The van der Waals surface area contributed by atoms with E-state index in [0.717, 1.165) is 39.2 Å². The fraction of sp³-hybridized carbons (Fsp3) is 0.243. The summed E-state index contributed by atoms with van der Waals surface area (Å²) >= 11 is 1.65. The second-order valence-electron chi connectivity index (χ2n) is 10.3. The molecule has 4 aromatic carbocycles. The zero-order chi connectivity index (χ0) is 33.2. The molecular formula is C37H37NO8S. The third-order valence-corrected chi connectivity index (χ3v) is 8.41. The molecule has 1 aromatic heterocycles. The van der Waals surface area contributed by atoms with Crippen LogP contribution in [0.5, 0.6) is 40.2 Å². The molecular weight excluding hydrogens is 618 g/mol. The molecule has 0 unspecified atom stereocenters. The summed E-state index contributed by atoms with van der Waals surface area (Å²) in [4.78, 5) is 17.7. The molecule has 0 amide bonds. The Morgan fingerprint density at radius 3 is 2.00 bits per heavy atom. The Bertz CT molecular complexity index is 1810. The number of nitrogens with zero attached hydrogens (tertiary/aromatic N) is 1. The molecule has 0 aliphatic heterocycles. The molecule has 9 nitrogen and oxygen atoms in total. The zero-order valence-corrected chi connectivity index (χ0v) is 27.8. The first kappa shape index (κ1) is 33.2. The predicted octanol–water partition coefficient (Wildman–Crippen LogP) is 8.14. The first-order valence-electron chi connectivity index (χ1n) is 15.0. The van der Waals surface area contributed by atoms with Gasteiger partial charge in [-0.1, -0.05) is 24.3 Å². The van der Waals surface area contributed by atoms with Crippen molar-refractivity contribution in [2.75, 3.05) is 48.8 Å². The number of ketones is 1. The topological polar surface area (TPSA) is 94.6 Å². The Morgan fingerprint density at radius 2 is 1.34 bits per heavy atom. The van der Waals surface area contributed by atoms with Gasteiger partial charge in [0.2, 0.25) is 5.75 Å². The number of hydrogen-bond donors (Lipinski definition) is 0. The van der Waals surface area contributed by atoms with Crippen LogP contribution in [0, 0.1) is 0 Å². The van der Waals surface area contributed by atoms with Crippen LogP contribution >= 0.6 is 11.3 Å². The van der Waals surface area contributed by atoms with Gasteiger partial charge >= 0.3 is 0 Å². The molecule has 0 atom stereocenters. The summed E-state index contributed by atoms with van der Waals surface area (Å²) in [5.41, 5.74) is 3.16. The summed E-state index contributed by atoms with van der Waals surface area (Å²) in [5.74, 6) is 3.56. The lowest BCUT2D eigenvalue weighted by atomic mass is 10.1. The van der Waals surface area contributed by atoms with Crippen LogP contribution in [0.25, 0.3) is 26.9 Å². The van der Waals surface area contributed by atoms with Gasteiger partial charge in [-0.2, -0.15) is 0 Å². The van der Waals surface area contributed by atoms with Crippen LogP contribution in [-0.2, 0) is 0 Å². The number of benzene rings is 4. The number of ether oxygens (including phenoxy) is 7. The van der Waals surface area contributed by atoms with Crippen molar-refractivity contribution in [1.29, 1.82) is 0 Å². The standard InChI is InChI=1S/C37H37NO8S/c1-40-29-16-13-24(12-15-28(39)26-22-33(42-3)36(44-5)34(23-26)43-4)20-32(29)46-19-9-8-18-45-30-17-14-25(21-31(30)41-2)37-38-27-10-6-7-11-35(27)47-37/h6-7,10-17,20-23H,8-9,18-19H2,1-5H3/b15-12+. The van der Waals surface area contributed by atoms with E-state index in [1.807, 2.05) is 54.6 Å². The maximum Gasteiger partial charge on any atom is 0.203 e. The number of fused-ring (bicyclic) bond motifs is 1. The summed E-state index contributed by atoms with van der Waals surface area (Å²) in [7, 11) is 7.76. The molecule has 10 heteroatoms. The smallest absolute Gasteiger partial charge is 0.203 e. The van der Waals surface area contributed by atoms with Gasteiger partial charge in [0.1, 0.15) is 5.01 Å². The molecule has 0 fully saturated rings. The monoisotopic (exact) mass is 655 g/mol. The molecule has 5 aromatic rings. The Morgan fingerprint density at radius 1 is 0.681 bits per heavy atom. The number of unbranched alkanes of at least 4 members (excludes halogenated alkanes) is 1. The number of hydrogen-bond acceptors (Lipinski definition) is 10. The molecule has 0 spiro atoms. The van der Waals surface area contributed by atoms with Crippen molar-refractivity contribution in [3.05, 3.63) is 90.0 Å². The fourth-order valence-corrected chi connectivity index (χ4v) is 5.85. The average Bonchev–Trinajstić information content (AvgIpc) is 3.56. The third kappa shape index (κ3) is 7.96. The number of rotatable bonds is 16. The molecule has 47 heavy (non-hydrogen) atoms. The van der Waals surface area contributed by atoms with Gasteiger partial charge in [-0.3, -0.25) is 4.79 Å². The van der Waals surface area contributed by atoms with Crippen LogP contribution in [0.4, 0.5) is 0 Å². The van der Waals surface area contributed by atoms with Crippen LogP contribution in [0.2, 0.25) is 0 Å². The molecule has 244 valence electrons. The summed E-state index contributed by atoms with van der Waals surface area (Å²) in [6.07, 6.45) is 4.74. The van der Waals surface area contributed by atoms with Crippen molar-refractivity contribution in [3.8, 4) is 50.8 Å². The van der Waals surface area contributed by atoms with E-state index in [1.54, 1.807) is 43.8 Å². The maximum atomic E-state index is 13.0. The van der Waals surface area contributed by atoms with Gasteiger partial charge in [0.25, 0.3) is 0 Å². The minimum absolute atomic E-state index is 0.217. The van der Waals surface area contributed by atoms with Crippen LogP contribution < -0.4 is 33.2 Å². The Kier molecular flexibility index (Phi) is 11.2. The number of carbonyl (C=O) groups is 1. The van der Waals surface area contributed by atoms with Crippen molar-refractivity contribution < 1.29 is 38.0 Å². The van der Waals surface area contributed by atoms with Gasteiger partial charge in [0.15, 0.2) is 40.3 Å². The summed E-state index contributed by atoms with van der Waals surface area (Å²) in [5, 5.41) is 0.938. The van der Waals surface area contributed by atoms with Crippen LogP contribution in [0.15, 0.2) is 78.9 Å².